The van der Waals surface area contributed by atoms with Gasteiger partial charge in [0.2, 0.25) is 10.0 Å². The number of rotatable bonds is 2. The molecule has 2 fully saturated rings. The molecule has 6 heteroatoms. The van der Waals surface area contributed by atoms with Crippen molar-refractivity contribution in [1.29, 1.82) is 0 Å². The average molecular weight is 303 g/mol. The maximum absolute atomic E-state index is 12.0. The Kier molecular flexibility index (Phi) is 4.20. The quantitative estimate of drug-likeness (QED) is 0.895. The Bertz CT molecular complexity index is 535. The smallest absolute Gasteiger partial charge is 0.211 e. The van der Waals surface area contributed by atoms with Gasteiger partial charge in [0.25, 0.3) is 0 Å². The minimum absolute atomic E-state index is 0. The predicted molar refractivity (Wildman–Crippen MR) is 77.8 cm³/mol. The highest BCUT2D eigenvalue weighted by Gasteiger charge is 2.48. The van der Waals surface area contributed by atoms with E-state index in [9.17, 15) is 8.42 Å². The van der Waals surface area contributed by atoms with Gasteiger partial charge in [-0.1, -0.05) is 30.3 Å². The average Bonchev–Trinajstić information content (AvgIpc) is 2.88. The topological polar surface area (TPSA) is 49.4 Å². The lowest BCUT2D eigenvalue weighted by molar-refractivity contribution is 0.348. The van der Waals surface area contributed by atoms with Gasteiger partial charge >= 0.3 is 0 Å². The van der Waals surface area contributed by atoms with Gasteiger partial charge in [0.1, 0.15) is 0 Å². The van der Waals surface area contributed by atoms with Gasteiger partial charge in [-0.25, -0.2) is 8.42 Å². The van der Waals surface area contributed by atoms with Crippen molar-refractivity contribution in [2.24, 2.45) is 11.8 Å². The zero-order chi connectivity index (χ0) is 12.8. The van der Waals surface area contributed by atoms with E-state index in [1.54, 1.807) is 4.31 Å². The fraction of sp³-hybridized carbons (Fsp3) is 0.538. The van der Waals surface area contributed by atoms with E-state index in [1.807, 2.05) is 30.3 Å². The van der Waals surface area contributed by atoms with Crippen LogP contribution in [0, 0.1) is 11.8 Å². The Hall–Kier alpha value is -0.620. The molecule has 4 nitrogen and oxygen atoms in total. The van der Waals surface area contributed by atoms with Gasteiger partial charge in [0.05, 0.1) is 12.3 Å². The number of benzene rings is 1. The summed E-state index contributed by atoms with van der Waals surface area (Å²) in [5.74, 6) is 0.854. The van der Waals surface area contributed by atoms with Gasteiger partial charge in [0, 0.05) is 13.1 Å². The first kappa shape index (κ1) is 14.8. The molecule has 0 saturated carbocycles. The molecule has 106 valence electrons. The molecule has 2 aliphatic heterocycles. The van der Waals surface area contributed by atoms with Crippen molar-refractivity contribution in [1.82, 2.24) is 9.62 Å². The second-order valence-electron chi connectivity index (χ2n) is 5.27. The first-order valence-corrected chi connectivity index (χ1v) is 8.14. The highest BCUT2D eigenvalue weighted by Crippen LogP contribution is 2.43. The molecule has 3 rings (SSSR count). The number of sulfonamides is 1. The summed E-state index contributed by atoms with van der Waals surface area (Å²) >= 11 is 0. The zero-order valence-corrected chi connectivity index (χ0v) is 12.5. The second-order valence-corrected chi connectivity index (χ2v) is 7.21. The second kappa shape index (κ2) is 5.40. The van der Waals surface area contributed by atoms with E-state index in [4.69, 9.17) is 0 Å². The maximum Gasteiger partial charge on any atom is 0.211 e. The van der Waals surface area contributed by atoms with Crippen molar-refractivity contribution in [2.45, 2.75) is 6.04 Å². The highest BCUT2D eigenvalue weighted by atomic mass is 35.5. The standard InChI is InChI=1S/C13H18N2O2S.ClH/c1-18(16,17)15-9-11-7-14-8-12(11)13(15)10-5-3-2-4-6-10;/h2-6,11-14H,7-9H2,1H3;1H/t11-,12-,13+;/m1./s1. The van der Waals surface area contributed by atoms with Gasteiger partial charge in [-0.3, -0.25) is 0 Å². The van der Waals surface area contributed by atoms with Crippen molar-refractivity contribution < 1.29 is 8.42 Å². The summed E-state index contributed by atoms with van der Waals surface area (Å²) in [5.41, 5.74) is 1.11. The third kappa shape index (κ3) is 2.65. The predicted octanol–water partition coefficient (Wildman–Crippen LogP) is 1.26. The number of nitrogens with zero attached hydrogens (tertiary/aromatic N) is 1. The molecule has 0 bridgehead atoms. The van der Waals surface area contributed by atoms with Crippen LogP contribution in [0.1, 0.15) is 11.6 Å². The summed E-state index contributed by atoms with van der Waals surface area (Å²) in [6, 6.07) is 9.98. The molecule has 0 spiro atoms. The summed E-state index contributed by atoms with van der Waals surface area (Å²) in [6.07, 6.45) is 1.32. The van der Waals surface area contributed by atoms with Gasteiger partial charge in [0.15, 0.2) is 0 Å². The summed E-state index contributed by atoms with van der Waals surface area (Å²) < 4.78 is 25.6. The molecule has 0 unspecified atom stereocenters. The van der Waals surface area contributed by atoms with Crippen LogP contribution >= 0.6 is 12.4 Å². The van der Waals surface area contributed by atoms with Crippen LogP contribution in [0.15, 0.2) is 30.3 Å². The van der Waals surface area contributed by atoms with E-state index in [2.05, 4.69) is 5.32 Å². The van der Waals surface area contributed by atoms with Crippen LogP contribution in [0.25, 0.3) is 0 Å². The summed E-state index contributed by atoms with van der Waals surface area (Å²) in [5, 5.41) is 3.37. The molecule has 2 aliphatic rings. The number of hydrogen-bond acceptors (Lipinski definition) is 3. The molecule has 1 aromatic rings. The van der Waals surface area contributed by atoms with Gasteiger partial charge in [-0.05, 0) is 23.9 Å². The first-order chi connectivity index (χ1) is 8.57. The highest BCUT2D eigenvalue weighted by molar-refractivity contribution is 7.88. The minimum Gasteiger partial charge on any atom is -0.316 e. The third-order valence-electron chi connectivity index (χ3n) is 4.09. The van der Waals surface area contributed by atoms with Crippen LogP contribution in [0.3, 0.4) is 0 Å². The van der Waals surface area contributed by atoms with Crippen molar-refractivity contribution in [3.8, 4) is 0 Å². The minimum atomic E-state index is -3.14. The van der Waals surface area contributed by atoms with Crippen LogP contribution in [-0.4, -0.2) is 38.6 Å². The monoisotopic (exact) mass is 302 g/mol. The molecule has 0 aromatic heterocycles. The normalized spacial score (nSPS) is 30.9. The zero-order valence-electron chi connectivity index (χ0n) is 10.8. The molecule has 0 amide bonds. The number of halogens is 1. The molecule has 1 N–H and O–H groups in total. The SMILES string of the molecule is CS(=O)(=O)N1C[C@H]2CNC[C@H]2[C@@H]1c1ccccc1.Cl. The fourth-order valence-electron chi connectivity index (χ4n) is 3.29. The summed E-state index contributed by atoms with van der Waals surface area (Å²) in [4.78, 5) is 0. The van der Waals surface area contributed by atoms with Crippen LogP contribution in [-0.2, 0) is 10.0 Å². The van der Waals surface area contributed by atoms with Gasteiger partial charge in [-0.15, -0.1) is 12.4 Å². The van der Waals surface area contributed by atoms with Crippen LogP contribution < -0.4 is 5.32 Å². The van der Waals surface area contributed by atoms with Crippen molar-refractivity contribution >= 4 is 22.4 Å². The van der Waals surface area contributed by atoms with Crippen LogP contribution in [0.2, 0.25) is 0 Å². The molecule has 1 aromatic carbocycles. The molecule has 2 heterocycles. The molecule has 0 radical (unpaired) electrons. The van der Waals surface area contributed by atoms with Crippen LogP contribution in [0.5, 0.6) is 0 Å². The maximum atomic E-state index is 12.0. The van der Waals surface area contributed by atoms with Crippen molar-refractivity contribution in [3.05, 3.63) is 35.9 Å². The molecular formula is C13H19ClN2O2S. The summed E-state index contributed by atoms with van der Waals surface area (Å²) in [7, 11) is -3.14. The summed E-state index contributed by atoms with van der Waals surface area (Å²) in [6.45, 7) is 2.49. The fourth-order valence-corrected chi connectivity index (χ4v) is 4.44. The Morgan fingerprint density at radius 2 is 1.89 bits per heavy atom. The van der Waals surface area contributed by atoms with E-state index in [0.717, 1.165) is 18.7 Å². The largest absolute Gasteiger partial charge is 0.316 e. The lowest BCUT2D eigenvalue weighted by Gasteiger charge is -2.26. The molecule has 19 heavy (non-hydrogen) atoms. The Morgan fingerprint density at radius 3 is 2.53 bits per heavy atom. The molecule has 3 atom stereocenters. The van der Waals surface area contributed by atoms with E-state index in [1.165, 1.54) is 6.26 Å². The lowest BCUT2D eigenvalue weighted by Crippen LogP contribution is -2.33. The van der Waals surface area contributed by atoms with E-state index < -0.39 is 10.0 Å². The number of fused-ring (bicyclic) bond motifs is 1. The Morgan fingerprint density at radius 1 is 1.21 bits per heavy atom. The molecule has 0 aliphatic carbocycles. The number of nitrogens with one attached hydrogen (secondary N) is 1. The van der Waals surface area contributed by atoms with Gasteiger partial charge in [-0.2, -0.15) is 4.31 Å². The van der Waals surface area contributed by atoms with Crippen molar-refractivity contribution in [3.63, 3.8) is 0 Å². The first-order valence-electron chi connectivity index (χ1n) is 6.30. The van der Waals surface area contributed by atoms with Gasteiger partial charge < -0.3 is 5.32 Å². The molecular weight excluding hydrogens is 284 g/mol. The third-order valence-corrected chi connectivity index (χ3v) is 5.32. The van der Waals surface area contributed by atoms with Crippen LogP contribution in [0.4, 0.5) is 0 Å². The molecule has 2 saturated heterocycles. The van der Waals surface area contributed by atoms with Crippen molar-refractivity contribution in [2.75, 3.05) is 25.9 Å². The number of hydrogen-bond donors (Lipinski definition) is 1. The lowest BCUT2D eigenvalue weighted by atomic mass is 9.90. The van der Waals surface area contributed by atoms with E-state index >= 15 is 0 Å². The Balaban J connectivity index is 0.00000133. The van der Waals surface area contributed by atoms with E-state index in [-0.39, 0.29) is 18.4 Å². The van der Waals surface area contributed by atoms with E-state index in [0.29, 0.717) is 18.4 Å². The Labute approximate surface area is 120 Å².